The van der Waals surface area contributed by atoms with Crippen LogP contribution in [0.2, 0.25) is 0 Å². The Morgan fingerprint density at radius 3 is 2.40 bits per heavy atom. The van der Waals surface area contributed by atoms with Crippen molar-refractivity contribution in [1.29, 1.82) is 0 Å². The Bertz CT molecular complexity index is 853. The number of anilines is 1. The highest BCUT2D eigenvalue weighted by molar-refractivity contribution is 5.94. The highest BCUT2D eigenvalue weighted by Gasteiger charge is 2.35. The second-order valence-corrected chi connectivity index (χ2v) is 10.1. The summed E-state index contributed by atoms with van der Waals surface area (Å²) in [5.74, 6) is 1.49. The van der Waals surface area contributed by atoms with Crippen LogP contribution in [-0.2, 0) is 9.59 Å². The van der Waals surface area contributed by atoms with Gasteiger partial charge in [-0.3, -0.25) is 9.59 Å². The molecule has 0 unspecified atom stereocenters. The van der Waals surface area contributed by atoms with Crippen molar-refractivity contribution < 1.29 is 19.1 Å². The van der Waals surface area contributed by atoms with Crippen molar-refractivity contribution in [3.63, 3.8) is 0 Å². The summed E-state index contributed by atoms with van der Waals surface area (Å²) < 4.78 is 5.15. The number of hydrogen-bond donors (Lipinski definition) is 2. The van der Waals surface area contributed by atoms with Crippen LogP contribution in [0.5, 0.6) is 5.75 Å². The summed E-state index contributed by atoms with van der Waals surface area (Å²) in [6, 6.07) is 5.96. The van der Waals surface area contributed by atoms with Gasteiger partial charge in [-0.15, -0.1) is 0 Å². The monoisotopic (exact) mass is 486 g/mol. The minimum atomic E-state index is -0.630. The summed E-state index contributed by atoms with van der Waals surface area (Å²) in [6.07, 6.45) is 7.43. The largest absolute Gasteiger partial charge is 0.497 e. The first-order valence-electron chi connectivity index (χ1n) is 13.1. The molecule has 1 aromatic rings. The van der Waals surface area contributed by atoms with E-state index in [0.29, 0.717) is 43.4 Å². The normalized spacial score (nSPS) is 20.3. The highest BCUT2D eigenvalue weighted by atomic mass is 16.5. The first-order valence-corrected chi connectivity index (χ1v) is 13.1. The average Bonchev–Trinajstić information content (AvgIpc) is 3.39. The molecule has 0 radical (unpaired) electrons. The number of urea groups is 1. The summed E-state index contributed by atoms with van der Waals surface area (Å²) in [5.41, 5.74) is 0.622. The Hall–Kier alpha value is -2.77. The van der Waals surface area contributed by atoms with E-state index < -0.39 is 12.1 Å². The lowest BCUT2D eigenvalue weighted by Crippen LogP contribution is -2.60. The number of methoxy groups -OCH3 is 1. The summed E-state index contributed by atoms with van der Waals surface area (Å²) in [4.78, 5) is 42.7. The van der Waals surface area contributed by atoms with E-state index in [4.69, 9.17) is 4.74 Å². The van der Waals surface area contributed by atoms with Crippen molar-refractivity contribution >= 4 is 23.5 Å². The third-order valence-electron chi connectivity index (χ3n) is 7.61. The van der Waals surface area contributed by atoms with Crippen LogP contribution in [-0.4, -0.2) is 66.5 Å². The van der Waals surface area contributed by atoms with Crippen LogP contribution >= 0.6 is 0 Å². The van der Waals surface area contributed by atoms with Gasteiger partial charge in [-0.25, -0.2) is 4.79 Å². The highest BCUT2D eigenvalue weighted by Crippen LogP contribution is 2.29. The standard InChI is InChI=1S/C27H42N4O4/c1-5-19(2)25(29-27(34)28-22-11-13-23(35-4)14-12-22)26(33)30-16-17-31(20(3)18-30)24(32)15-10-21-8-6-7-9-21/h11-14,19-21,25H,5-10,15-18H2,1-4H3,(H2,28,29,34)/t19-,20-,25+/m0/s1. The summed E-state index contributed by atoms with van der Waals surface area (Å²) in [5, 5.41) is 5.69. The maximum atomic E-state index is 13.5. The molecule has 0 aromatic heterocycles. The Morgan fingerprint density at radius 2 is 1.80 bits per heavy atom. The number of carbonyl (C=O) groups is 3. The molecule has 1 saturated heterocycles. The number of carbonyl (C=O) groups excluding carboxylic acids is 3. The molecular weight excluding hydrogens is 444 g/mol. The summed E-state index contributed by atoms with van der Waals surface area (Å²) >= 11 is 0. The predicted molar refractivity (Wildman–Crippen MR) is 137 cm³/mol. The molecule has 3 rings (SSSR count). The van der Waals surface area contributed by atoms with E-state index in [0.717, 1.165) is 12.8 Å². The smallest absolute Gasteiger partial charge is 0.319 e. The zero-order chi connectivity index (χ0) is 25.4. The number of piperazine rings is 1. The van der Waals surface area contributed by atoms with E-state index in [2.05, 4.69) is 10.6 Å². The molecular formula is C27H42N4O4. The molecule has 2 fully saturated rings. The summed E-state index contributed by atoms with van der Waals surface area (Å²) in [7, 11) is 1.59. The van der Waals surface area contributed by atoms with E-state index in [9.17, 15) is 14.4 Å². The van der Waals surface area contributed by atoms with Crippen LogP contribution < -0.4 is 15.4 Å². The Balaban J connectivity index is 1.54. The molecule has 8 nitrogen and oxygen atoms in total. The average molecular weight is 487 g/mol. The molecule has 1 aliphatic carbocycles. The van der Waals surface area contributed by atoms with Crippen LogP contribution in [0.15, 0.2) is 24.3 Å². The van der Waals surface area contributed by atoms with Crippen molar-refractivity contribution in [2.45, 2.75) is 77.8 Å². The molecule has 194 valence electrons. The third kappa shape index (κ3) is 7.36. The lowest BCUT2D eigenvalue weighted by Gasteiger charge is -2.41. The molecule has 35 heavy (non-hydrogen) atoms. The van der Waals surface area contributed by atoms with E-state index in [1.807, 2.05) is 25.7 Å². The molecule has 1 aromatic carbocycles. The molecule has 2 aliphatic rings. The van der Waals surface area contributed by atoms with Gasteiger partial charge in [0.1, 0.15) is 11.8 Å². The zero-order valence-corrected chi connectivity index (χ0v) is 21.7. The van der Waals surface area contributed by atoms with Crippen molar-refractivity contribution in [2.75, 3.05) is 32.1 Å². The lowest BCUT2D eigenvalue weighted by atomic mass is 9.97. The fourth-order valence-corrected chi connectivity index (χ4v) is 5.16. The molecule has 1 aliphatic heterocycles. The molecule has 2 N–H and O–H groups in total. The molecule has 0 spiro atoms. The van der Waals surface area contributed by atoms with Gasteiger partial charge in [0.25, 0.3) is 0 Å². The number of amides is 4. The second kappa shape index (κ2) is 12.8. The Labute approximate surface area is 209 Å². The number of rotatable bonds is 9. The van der Waals surface area contributed by atoms with Gasteiger partial charge in [-0.1, -0.05) is 46.0 Å². The number of hydrogen-bond acceptors (Lipinski definition) is 4. The molecule has 3 atom stereocenters. The SMILES string of the molecule is CC[C@H](C)[C@@H](NC(=O)Nc1ccc(OC)cc1)C(=O)N1CCN(C(=O)CCC2CCCC2)[C@@H](C)C1. The number of benzene rings is 1. The van der Waals surface area contributed by atoms with E-state index in [1.54, 1.807) is 36.3 Å². The van der Waals surface area contributed by atoms with Crippen LogP contribution in [0.3, 0.4) is 0 Å². The van der Waals surface area contributed by atoms with E-state index in [1.165, 1.54) is 25.7 Å². The van der Waals surface area contributed by atoms with Crippen molar-refractivity contribution in [3.8, 4) is 5.75 Å². The molecule has 8 heteroatoms. The quantitative estimate of drug-likeness (QED) is 0.546. The van der Waals surface area contributed by atoms with E-state index >= 15 is 0 Å². The third-order valence-corrected chi connectivity index (χ3v) is 7.61. The molecule has 4 amide bonds. The summed E-state index contributed by atoms with van der Waals surface area (Å²) in [6.45, 7) is 7.52. The maximum Gasteiger partial charge on any atom is 0.319 e. The number of nitrogens with zero attached hydrogens (tertiary/aromatic N) is 2. The Morgan fingerprint density at radius 1 is 1.11 bits per heavy atom. The van der Waals surface area contributed by atoms with Gasteiger partial charge in [0, 0.05) is 37.8 Å². The number of ether oxygens (including phenoxy) is 1. The lowest BCUT2D eigenvalue weighted by molar-refractivity contribution is -0.144. The molecule has 1 saturated carbocycles. The zero-order valence-electron chi connectivity index (χ0n) is 21.7. The van der Waals surface area contributed by atoms with Crippen molar-refractivity contribution in [1.82, 2.24) is 15.1 Å². The topological polar surface area (TPSA) is 91.0 Å². The van der Waals surface area contributed by atoms with Gasteiger partial charge in [0.15, 0.2) is 0 Å². The van der Waals surface area contributed by atoms with Gasteiger partial charge in [-0.05, 0) is 49.4 Å². The Kier molecular flexibility index (Phi) is 9.81. The van der Waals surface area contributed by atoms with Crippen LogP contribution in [0.25, 0.3) is 0 Å². The minimum Gasteiger partial charge on any atom is -0.497 e. The predicted octanol–water partition coefficient (Wildman–Crippen LogP) is 4.26. The molecule has 1 heterocycles. The van der Waals surface area contributed by atoms with Gasteiger partial charge >= 0.3 is 6.03 Å². The fraction of sp³-hybridized carbons (Fsp3) is 0.667. The fourth-order valence-electron chi connectivity index (χ4n) is 5.16. The van der Waals surface area contributed by atoms with Crippen LogP contribution in [0.1, 0.15) is 65.7 Å². The van der Waals surface area contributed by atoms with Crippen molar-refractivity contribution in [2.24, 2.45) is 11.8 Å². The van der Waals surface area contributed by atoms with E-state index in [-0.39, 0.29) is 23.8 Å². The first-order chi connectivity index (χ1) is 16.8. The van der Waals surface area contributed by atoms with Gasteiger partial charge in [0.05, 0.1) is 7.11 Å². The van der Waals surface area contributed by atoms with Crippen LogP contribution in [0.4, 0.5) is 10.5 Å². The molecule has 0 bridgehead atoms. The van der Waals surface area contributed by atoms with Gasteiger partial charge in [0.2, 0.25) is 11.8 Å². The van der Waals surface area contributed by atoms with Gasteiger partial charge in [-0.2, -0.15) is 0 Å². The van der Waals surface area contributed by atoms with Gasteiger partial charge < -0.3 is 25.2 Å². The second-order valence-electron chi connectivity index (χ2n) is 10.1. The first kappa shape index (κ1) is 26.8. The number of nitrogens with one attached hydrogen (secondary N) is 2. The van der Waals surface area contributed by atoms with Crippen molar-refractivity contribution in [3.05, 3.63) is 24.3 Å². The van der Waals surface area contributed by atoms with Crippen LogP contribution in [0, 0.1) is 11.8 Å². The minimum absolute atomic E-state index is 0.0227. The maximum absolute atomic E-state index is 13.5.